The van der Waals surface area contributed by atoms with E-state index in [0.29, 0.717) is 13.2 Å². The number of hydrogen-bond donors (Lipinski definition) is 1. The Kier molecular flexibility index (Phi) is 6.26. The maximum atomic E-state index is 10.5. The van der Waals surface area contributed by atoms with Gasteiger partial charge in [0.15, 0.2) is 0 Å². The van der Waals surface area contributed by atoms with Gasteiger partial charge < -0.3 is 14.3 Å². The van der Waals surface area contributed by atoms with E-state index in [1.165, 1.54) is 16.7 Å². The van der Waals surface area contributed by atoms with E-state index in [9.17, 15) is 5.11 Å². The molecule has 0 saturated carbocycles. The number of benzene rings is 2. The number of nitrogens with zero attached hydrogens (tertiary/aromatic N) is 1. The molecule has 3 heteroatoms. The van der Waals surface area contributed by atoms with Gasteiger partial charge in [0, 0.05) is 5.56 Å². The van der Waals surface area contributed by atoms with Crippen molar-refractivity contribution >= 4 is 0 Å². The molecule has 0 aromatic heterocycles. The molecule has 2 aromatic carbocycles. The fourth-order valence-electron chi connectivity index (χ4n) is 3.45. The molecular weight excluding hydrogens is 310 g/mol. The second-order valence-electron chi connectivity index (χ2n) is 7.95. The van der Waals surface area contributed by atoms with Crippen molar-refractivity contribution in [3.05, 3.63) is 64.2 Å². The number of quaternary nitrogens is 1. The summed E-state index contributed by atoms with van der Waals surface area (Å²) in [5, 5.41) is 10.5. The Labute approximate surface area is 152 Å². The monoisotopic (exact) mass is 342 g/mol. The van der Waals surface area contributed by atoms with Gasteiger partial charge in [-0.3, -0.25) is 0 Å². The molecule has 0 aliphatic heterocycles. The van der Waals surface area contributed by atoms with Gasteiger partial charge in [0.25, 0.3) is 0 Å². The highest BCUT2D eigenvalue weighted by atomic mass is 16.5. The molecule has 0 spiro atoms. The molecular formula is C22H32NO2+. The normalized spacial score (nSPS) is 12.9. The Hall–Kier alpha value is -1.84. The van der Waals surface area contributed by atoms with Crippen molar-refractivity contribution < 1.29 is 14.3 Å². The van der Waals surface area contributed by atoms with E-state index in [4.69, 9.17) is 4.74 Å². The molecule has 0 fully saturated rings. The van der Waals surface area contributed by atoms with Crippen molar-refractivity contribution in [2.75, 3.05) is 27.2 Å². The molecule has 0 bridgehead atoms. The van der Waals surface area contributed by atoms with Crippen LogP contribution in [-0.4, -0.2) is 42.9 Å². The molecule has 1 unspecified atom stereocenters. The summed E-state index contributed by atoms with van der Waals surface area (Å²) in [5.41, 5.74) is 6.04. The van der Waals surface area contributed by atoms with E-state index < -0.39 is 6.10 Å². The molecule has 1 atom stereocenters. The highest BCUT2D eigenvalue weighted by Crippen LogP contribution is 2.24. The van der Waals surface area contributed by atoms with Crippen LogP contribution in [0.15, 0.2) is 36.4 Å². The highest BCUT2D eigenvalue weighted by molar-refractivity contribution is 5.42. The van der Waals surface area contributed by atoms with Crippen molar-refractivity contribution in [1.82, 2.24) is 0 Å². The summed E-state index contributed by atoms with van der Waals surface area (Å²) in [5.74, 6) is 0.897. The molecule has 1 N–H and O–H groups in total. The van der Waals surface area contributed by atoms with Crippen molar-refractivity contribution in [2.24, 2.45) is 0 Å². The smallest absolute Gasteiger partial charge is 0.137 e. The van der Waals surface area contributed by atoms with Crippen LogP contribution in [0.2, 0.25) is 0 Å². The lowest BCUT2D eigenvalue weighted by molar-refractivity contribution is -0.906. The van der Waals surface area contributed by atoms with Crippen LogP contribution in [0.25, 0.3) is 0 Å². The van der Waals surface area contributed by atoms with Gasteiger partial charge in [-0.2, -0.15) is 0 Å². The first kappa shape index (κ1) is 19.5. The minimum absolute atomic E-state index is 0.320. The summed E-state index contributed by atoms with van der Waals surface area (Å²) < 4.78 is 6.66. The van der Waals surface area contributed by atoms with Crippen molar-refractivity contribution in [1.29, 1.82) is 0 Å². The van der Waals surface area contributed by atoms with Gasteiger partial charge in [0.2, 0.25) is 0 Å². The summed E-state index contributed by atoms with van der Waals surface area (Å²) in [4.78, 5) is 0. The summed E-state index contributed by atoms with van der Waals surface area (Å²) in [6.07, 6.45) is -0.499. The lowest BCUT2D eigenvalue weighted by Gasteiger charge is -2.32. The van der Waals surface area contributed by atoms with E-state index in [1.54, 1.807) is 0 Å². The Balaban J connectivity index is 1.92. The summed E-state index contributed by atoms with van der Waals surface area (Å²) in [6.45, 7) is 10.2. The third-order valence-corrected chi connectivity index (χ3v) is 4.46. The third-order valence-electron chi connectivity index (χ3n) is 4.46. The summed E-state index contributed by atoms with van der Waals surface area (Å²) in [6, 6.07) is 12.8. The predicted molar refractivity (Wildman–Crippen MR) is 104 cm³/mol. The molecule has 0 aliphatic carbocycles. The average molecular weight is 343 g/mol. The van der Waals surface area contributed by atoms with E-state index in [1.807, 2.05) is 0 Å². The number of hydrogen-bond acceptors (Lipinski definition) is 2. The Bertz CT molecular complexity index is 681. The van der Waals surface area contributed by atoms with E-state index in [0.717, 1.165) is 27.9 Å². The quantitative estimate of drug-likeness (QED) is 0.773. The number of aliphatic hydroxyl groups excluding tert-OH is 1. The molecule has 136 valence electrons. The van der Waals surface area contributed by atoms with Crippen LogP contribution in [0.4, 0.5) is 0 Å². The van der Waals surface area contributed by atoms with Crippen molar-refractivity contribution in [3.63, 3.8) is 0 Å². The maximum absolute atomic E-state index is 10.5. The van der Waals surface area contributed by atoms with Gasteiger partial charge in [0.1, 0.15) is 31.5 Å². The lowest BCUT2D eigenvalue weighted by Crippen LogP contribution is -2.46. The second kappa shape index (κ2) is 8.03. The van der Waals surface area contributed by atoms with E-state index >= 15 is 0 Å². The van der Waals surface area contributed by atoms with Crippen LogP contribution >= 0.6 is 0 Å². The SMILES string of the molecule is Cc1ccc(C[N+](C)(C)CC(O)COc2c(C)cc(C)cc2C)cc1. The van der Waals surface area contributed by atoms with Gasteiger partial charge in [-0.25, -0.2) is 0 Å². The first-order valence-electron chi connectivity index (χ1n) is 8.92. The second-order valence-corrected chi connectivity index (χ2v) is 7.95. The lowest BCUT2D eigenvalue weighted by atomic mass is 10.1. The molecule has 0 heterocycles. The minimum Gasteiger partial charge on any atom is -0.490 e. The van der Waals surface area contributed by atoms with Crippen LogP contribution in [0, 0.1) is 27.7 Å². The molecule has 0 saturated heterocycles. The molecule has 3 nitrogen and oxygen atoms in total. The molecule has 25 heavy (non-hydrogen) atoms. The average Bonchev–Trinajstić information content (AvgIpc) is 2.47. The Morgan fingerprint density at radius 3 is 2.04 bits per heavy atom. The largest absolute Gasteiger partial charge is 0.490 e. The van der Waals surface area contributed by atoms with E-state index in [2.05, 4.69) is 78.2 Å². The maximum Gasteiger partial charge on any atom is 0.137 e. The number of ether oxygens (including phenoxy) is 1. The van der Waals surface area contributed by atoms with Gasteiger partial charge in [-0.15, -0.1) is 0 Å². The van der Waals surface area contributed by atoms with Crippen LogP contribution in [-0.2, 0) is 6.54 Å². The van der Waals surface area contributed by atoms with Crippen LogP contribution in [0.3, 0.4) is 0 Å². The van der Waals surface area contributed by atoms with Gasteiger partial charge >= 0.3 is 0 Å². The fraction of sp³-hybridized carbons (Fsp3) is 0.455. The Morgan fingerprint density at radius 1 is 0.920 bits per heavy atom. The number of aryl methyl sites for hydroxylation is 4. The molecule has 2 aromatic rings. The van der Waals surface area contributed by atoms with Crippen LogP contribution < -0.4 is 4.74 Å². The van der Waals surface area contributed by atoms with Gasteiger partial charge in [-0.1, -0.05) is 47.5 Å². The predicted octanol–water partition coefficient (Wildman–Crippen LogP) is 3.94. The minimum atomic E-state index is -0.499. The van der Waals surface area contributed by atoms with Crippen molar-refractivity contribution in [2.45, 2.75) is 40.3 Å². The third kappa shape index (κ3) is 5.87. The zero-order valence-electron chi connectivity index (χ0n) is 16.5. The zero-order valence-corrected chi connectivity index (χ0v) is 16.5. The van der Waals surface area contributed by atoms with Crippen LogP contribution in [0.1, 0.15) is 27.8 Å². The number of rotatable bonds is 7. The molecule has 2 rings (SSSR count). The van der Waals surface area contributed by atoms with Gasteiger partial charge in [-0.05, 0) is 38.8 Å². The number of likely N-dealkylation sites (N-methyl/N-ethyl adjacent to an activating group) is 1. The highest BCUT2D eigenvalue weighted by Gasteiger charge is 2.22. The fourth-order valence-corrected chi connectivity index (χ4v) is 3.45. The topological polar surface area (TPSA) is 29.5 Å². The zero-order chi connectivity index (χ0) is 18.6. The first-order valence-corrected chi connectivity index (χ1v) is 8.92. The van der Waals surface area contributed by atoms with Crippen molar-refractivity contribution in [3.8, 4) is 5.75 Å². The van der Waals surface area contributed by atoms with Gasteiger partial charge in [0.05, 0.1) is 14.1 Å². The summed E-state index contributed by atoms with van der Waals surface area (Å²) >= 11 is 0. The molecule has 0 radical (unpaired) electrons. The summed E-state index contributed by atoms with van der Waals surface area (Å²) in [7, 11) is 4.29. The molecule has 0 amide bonds. The standard InChI is InChI=1S/C22H32NO2/c1-16-7-9-20(10-8-16)13-23(5,6)14-21(24)15-25-22-18(3)11-17(2)12-19(22)4/h7-12,21,24H,13-15H2,1-6H3/q+1. The van der Waals surface area contributed by atoms with E-state index in [-0.39, 0.29) is 0 Å². The number of aliphatic hydroxyl groups is 1. The van der Waals surface area contributed by atoms with Crippen LogP contribution in [0.5, 0.6) is 5.75 Å². The first-order chi connectivity index (χ1) is 11.7. The molecule has 0 aliphatic rings. The Morgan fingerprint density at radius 2 is 1.48 bits per heavy atom.